The molecule has 3 aromatic heterocycles. The Labute approximate surface area is 150 Å². The molecule has 1 N–H and O–H groups in total. The average Bonchev–Trinajstić information content (AvgIpc) is 3.40. The Bertz CT molecular complexity index is 827. The zero-order valence-electron chi connectivity index (χ0n) is 12.5. The Balaban J connectivity index is 1.55. The number of H-pyrrole nitrogens is 1. The maximum atomic E-state index is 12.7. The smallest absolute Gasteiger partial charge is 0.253 e. The molecule has 6 nitrogen and oxygen atoms in total. The van der Waals surface area contributed by atoms with Crippen molar-refractivity contribution in [2.75, 3.05) is 5.75 Å². The van der Waals surface area contributed by atoms with E-state index in [1.54, 1.807) is 27.7 Å². The number of carbonyl (C=O) groups is 1. The lowest BCUT2D eigenvalue weighted by molar-refractivity contribution is -0.130. The Morgan fingerprint density at radius 3 is 2.92 bits per heavy atom. The van der Waals surface area contributed by atoms with E-state index in [-0.39, 0.29) is 17.7 Å². The minimum Gasteiger partial charge on any atom is -0.272 e. The van der Waals surface area contributed by atoms with Gasteiger partial charge >= 0.3 is 0 Å². The summed E-state index contributed by atoms with van der Waals surface area (Å²) in [6.45, 7) is 0. The number of carbonyl (C=O) groups excluding carboxylic acids is 1. The van der Waals surface area contributed by atoms with E-state index in [9.17, 15) is 4.79 Å². The molecule has 1 amide bonds. The first-order valence-electron chi connectivity index (χ1n) is 7.26. The second kappa shape index (κ2) is 6.88. The summed E-state index contributed by atoms with van der Waals surface area (Å²) in [6, 6.07) is 8.10. The van der Waals surface area contributed by atoms with Gasteiger partial charge in [-0.15, -0.1) is 22.7 Å². The first-order valence-corrected chi connectivity index (χ1v) is 10.0. The zero-order chi connectivity index (χ0) is 16.4. The Hall–Kier alpha value is -1.97. The average molecular weight is 376 g/mol. The van der Waals surface area contributed by atoms with Crippen molar-refractivity contribution < 1.29 is 4.79 Å². The number of nitrogens with one attached hydrogen (secondary N) is 1. The van der Waals surface area contributed by atoms with Crippen molar-refractivity contribution in [1.29, 1.82) is 0 Å². The first-order chi connectivity index (χ1) is 11.8. The van der Waals surface area contributed by atoms with Crippen molar-refractivity contribution in [2.24, 2.45) is 5.10 Å². The van der Waals surface area contributed by atoms with E-state index >= 15 is 0 Å². The molecule has 0 spiro atoms. The maximum Gasteiger partial charge on any atom is 0.253 e. The molecule has 0 saturated heterocycles. The van der Waals surface area contributed by atoms with Gasteiger partial charge in [-0.25, -0.2) is 9.99 Å². The van der Waals surface area contributed by atoms with Crippen LogP contribution in [0, 0.1) is 0 Å². The van der Waals surface area contributed by atoms with Gasteiger partial charge in [0, 0.05) is 11.3 Å². The SMILES string of the molecule is O=C(CSc1ncn[nH]1)N1N=C(c2cccs2)CC1c1cccs1. The molecule has 0 saturated carbocycles. The summed E-state index contributed by atoms with van der Waals surface area (Å²) in [5, 5.41) is 17.5. The lowest BCUT2D eigenvalue weighted by Gasteiger charge is -2.20. The van der Waals surface area contributed by atoms with Crippen LogP contribution in [-0.4, -0.2) is 37.6 Å². The van der Waals surface area contributed by atoms with E-state index in [0.29, 0.717) is 5.16 Å². The minimum atomic E-state index is -0.0265. The molecular weight excluding hydrogens is 362 g/mol. The number of hydrogen-bond acceptors (Lipinski definition) is 7. The van der Waals surface area contributed by atoms with Crippen LogP contribution in [0.3, 0.4) is 0 Å². The molecule has 4 heterocycles. The van der Waals surface area contributed by atoms with E-state index in [0.717, 1.165) is 21.9 Å². The first kappa shape index (κ1) is 15.6. The fraction of sp³-hybridized carbons (Fsp3) is 0.200. The van der Waals surface area contributed by atoms with Crippen LogP contribution in [-0.2, 0) is 4.79 Å². The van der Waals surface area contributed by atoms with Crippen LogP contribution >= 0.6 is 34.4 Å². The summed E-state index contributed by atoms with van der Waals surface area (Å²) >= 11 is 4.64. The van der Waals surface area contributed by atoms with Crippen molar-refractivity contribution in [3.8, 4) is 0 Å². The Morgan fingerprint density at radius 2 is 2.21 bits per heavy atom. The number of amides is 1. The normalized spacial score (nSPS) is 17.2. The van der Waals surface area contributed by atoms with Gasteiger partial charge in [0.25, 0.3) is 5.91 Å². The molecule has 0 bridgehead atoms. The molecule has 1 unspecified atom stereocenters. The molecule has 24 heavy (non-hydrogen) atoms. The summed E-state index contributed by atoms with van der Waals surface area (Å²) in [6.07, 6.45) is 2.18. The third kappa shape index (κ3) is 3.14. The van der Waals surface area contributed by atoms with Gasteiger partial charge < -0.3 is 0 Å². The van der Waals surface area contributed by atoms with Crippen molar-refractivity contribution in [2.45, 2.75) is 17.6 Å². The third-order valence-electron chi connectivity index (χ3n) is 3.57. The van der Waals surface area contributed by atoms with Gasteiger partial charge in [0.15, 0.2) is 5.16 Å². The number of aromatic nitrogens is 3. The van der Waals surface area contributed by atoms with Crippen molar-refractivity contribution >= 4 is 46.1 Å². The molecule has 1 atom stereocenters. The summed E-state index contributed by atoms with van der Waals surface area (Å²) in [5.41, 5.74) is 0.974. The molecule has 0 aliphatic carbocycles. The van der Waals surface area contributed by atoms with Gasteiger partial charge in [-0.05, 0) is 22.9 Å². The molecule has 0 radical (unpaired) electrons. The number of rotatable bonds is 5. The predicted molar refractivity (Wildman–Crippen MR) is 96.5 cm³/mol. The summed E-state index contributed by atoms with van der Waals surface area (Å²) in [7, 11) is 0. The minimum absolute atomic E-state index is 0.0232. The van der Waals surface area contributed by atoms with Gasteiger partial charge in [0.05, 0.1) is 22.4 Å². The lowest BCUT2D eigenvalue weighted by Crippen LogP contribution is -2.28. The van der Waals surface area contributed by atoms with Gasteiger partial charge in [0.2, 0.25) is 0 Å². The molecule has 9 heteroatoms. The van der Waals surface area contributed by atoms with Crippen LogP contribution in [0.5, 0.6) is 0 Å². The van der Waals surface area contributed by atoms with E-state index in [2.05, 4.69) is 26.3 Å². The van der Waals surface area contributed by atoms with Crippen molar-refractivity contribution in [3.05, 3.63) is 51.1 Å². The van der Waals surface area contributed by atoms with Crippen LogP contribution < -0.4 is 0 Å². The lowest BCUT2D eigenvalue weighted by atomic mass is 10.1. The molecule has 122 valence electrons. The van der Waals surface area contributed by atoms with Gasteiger partial charge in [-0.3, -0.25) is 9.89 Å². The van der Waals surface area contributed by atoms with E-state index in [4.69, 9.17) is 0 Å². The van der Waals surface area contributed by atoms with Crippen molar-refractivity contribution in [1.82, 2.24) is 20.2 Å². The molecule has 1 aliphatic heterocycles. The number of thioether (sulfide) groups is 1. The van der Waals surface area contributed by atoms with E-state index in [1.807, 2.05) is 29.0 Å². The van der Waals surface area contributed by atoms with Crippen molar-refractivity contribution in [3.63, 3.8) is 0 Å². The maximum absolute atomic E-state index is 12.7. The highest BCUT2D eigenvalue weighted by Gasteiger charge is 2.33. The summed E-state index contributed by atoms with van der Waals surface area (Å²) in [5.74, 6) is 0.250. The van der Waals surface area contributed by atoms with Crippen LogP contribution in [0.4, 0.5) is 0 Å². The van der Waals surface area contributed by atoms with E-state index < -0.39 is 0 Å². The molecule has 4 rings (SSSR count). The molecular formula is C15H13N5OS3. The molecule has 1 aliphatic rings. The topological polar surface area (TPSA) is 74.2 Å². The monoisotopic (exact) mass is 375 g/mol. The molecule has 3 aromatic rings. The van der Waals surface area contributed by atoms with E-state index in [1.165, 1.54) is 18.1 Å². The fourth-order valence-electron chi connectivity index (χ4n) is 2.49. The Morgan fingerprint density at radius 1 is 1.33 bits per heavy atom. The van der Waals surface area contributed by atoms with Crippen LogP contribution in [0.2, 0.25) is 0 Å². The molecule has 0 aromatic carbocycles. The van der Waals surface area contributed by atoms with Gasteiger partial charge in [0.1, 0.15) is 6.33 Å². The number of nitrogens with zero attached hydrogens (tertiary/aromatic N) is 4. The predicted octanol–water partition coefficient (Wildman–Crippen LogP) is 3.40. The quantitative estimate of drug-likeness (QED) is 0.694. The second-order valence-corrected chi connectivity index (χ2v) is 7.97. The van der Waals surface area contributed by atoms with Crippen LogP contribution in [0.1, 0.15) is 22.2 Å². The number of hydrazone groups is 1. The van der Waals surface area contributed by atoms with Gasteiger partial charge in [-0.1, -0.05) is 23.9 Å². The number of thiophene rings is 2. The second-order valence-electron chi connectivity index (χ2n) is 5.08. The highest BCUT2D eigenvalue weighted by atomic mass is 32.2. The third-order valence-corrected chi connectivity index (χ3v) is 6.32. The number of aromatic amines is 1. The van der Waals surface area contributed by atoms with Crippen LogP contribution in [0.25, 0.3) is 0 Å². The van der Waals surface area contributed by atoms with Gasteiger partial charge in [-0.2, -0.15) is 10.2 Å². The molecule has 0 fully saturated rings. The fourth-order valence-corrected chi connectivity index (χ4v) is 4.66. The Kier molecular flexibility index (Phi) is 4.46. The summed E-state index contributed by atoms with van der Waals surface area (Å²) in [4.78, 5) is 19.0. The van der Waals surface area contributed by atoms with Crippen LogP contribution in [0.15, 0.2) is 51.6 Å². The summed E-state index contributed by atoms with van der Waals surface area (Å²) < 4.78 is 0. The highest BCUT2D eigenvalue weighted by Crippen LogP contribution is 2.36. The number of hydrogen-bond donors (Lipinski definition) is 1. The largest absolute Gasteiger partial charge is 0.272 e. The highest BCUT2D eigenvalue weighted by molar-refractivity contribution is 7.99. The zero-order valence-corrected chi connectivity index (χ0v) is 14.9. The standard InChI is InChI=1S/C15H13N5OS3/c21-14(8-24-15-16-9-17-18-15)20-11(13-4-2-6-23-13)7-10(19-20)12-3-1-5-22-12/h1-6,9,11H,7-8H2,(H,16,17,18).